The first-order chi connectivity index (χ1) is 8.78. The van der Waals surface area contributed by atoms with Gasteiger partial charge in [-0.2, -0.15) is 0 Å². The van der Waals surface area contributed by atoms with Crippen molar-refractivity contribution in [3.63, 3.8) is 0 Å². The van der Waals surface area contributed by atoms with Gasteiger partial charge in [0.05, 0.1) is 0 Å². The minimum atomic E-state index is 0.732. The maximum atomic E-state index is 5.76. The Morgan fingerprint density at radius 1 is 1.00 bits per heavy atom. The number of benzene rings is 2. The molecule has 0 aliphatic carbocycles. The predicted molar refractivity (Wildman–Crippen MR) is 78.0 cm³/mol. The zero-order chi connectivity index (χ0) is 12.8. The fourth-order valence-corrected chi connectivity index (χ4v) is 2.08. The quantitative estimate of drug-likeness (QED) is 0.901. The highest BCUT2D eigenvalue weighted by molar-refractivity contribution is 9.10. The van der Waals surface area contributed by atoms with E-state index in [4.69, 9.17) is 10.5 Å². The van der Waals surface area contributed by atoms with Crippen molar-refractivity contribution in [2.75, 3.05) is 6.54 Å². The van der Waals surface area contributed by atoms with Crippen LogP contribution in [0.25, 0.3) is 0 Å². The largest absolute Gasteiger partial charge is 0.457 e. The molecule has 0 aliphatic rings. The van der Waals surface area contributed by atoms with Crippen LogP contribution in [0.1, 0.15) is 12.0 Å². The molecule has 3 heteroatoms. The molecule has 0 atom stereocenters. The van der Waals surface area contributed by atoms with Crippen molar-refractivity contribution in [1.29, 1.82) is 0 Å². The highest BCUT2D eigenvalue weighted by Gasteiger charge is 1.98. The van der Waals surface area contributed by atoms with Crippen LogP contribution >= 0.6 is 15.9 Å². The van der Waals surface area contributed by atoms with Crippen molar-refractivity contribution in [3.05, 3.63) is 58.6 Å². The van der Waals surface area contributed by atoms with Crippen LogP contribution in [0.3, 0.4) is 0 Å². The molecule has 2 nitrogen and oxygen atoms in total. The van der Waals surface area contributed by atoms with Crippen LogP contribution in [0, 0.1) is 0 Å². The maximum Gasteiger partial charge on any atom is 0.128 e. The van der Waals surface area contributed by atoms with Crippen LogP contribution in [0.5, 0.6) is 11.5 Å². The molecule has 2 aromatic rings. The Labute approximate surface area is 116 Å². The van der Waals surface area contributed by atoms with Crippen molar-refractivity contribution < 1.29 is 4.74 Å². The summed E-state index contributed by atoms with van der Waals surface area (Å²) < 4.78 is 6.78. The van der Waals surface area contributed by atoms with Crippen molar-refractivity contribution >= 4 is 15.9 Å². The van der Waals surface area contributed by atoms with E-state index in [9.17, 15) is 0 Å². The van der Waals surface area contributed by atoms with Gasteiger partial charge in [-0.1, -0.05) is 34.1 Å². The molecule has 0 saturated carbocycles. The SMILES string of the molecule is NCCCc1ccc(Oc2cccc(Br)c2)cc1. The fraction of sp³-hybridized carbons (Fsp3) is 0.200. The first-order valence-corrected chi connectivity index (χ1v) is 6.79. The minimum absolute atomic E-state index is 0.732. The van der Waals surface area contributed by atoms with E-state index in [2.05, 4.69) is 28.1 Å². The zero-order valence-corrected chi connectivity index (χ0v) is 11.7. The summed E-state index contributed by atoms with van der Waals surface area (Å²) in [5, 5.41) is 0. The topological polar surface area (TPSA) is 35.2 Å². The molecule has 0 aliphatic heterocycles. The van der Waals surface area contributed by atoms with Crippen LogP contribution in [0.15, 0.2) is 53.0 Å². The molecule has 0 fully saturated rings. The number of hydrogen-bond donors (Lipinski definition) is 1. The van der Waals surface area contributed by atoms with Gasteiger partial charge in [-0.25, -0.2) is 0 Å². The summed E-state index contributed by atoms with van der Waals surface area (Å²) in [6.45, 7) is 0.732. The van der Waals surface area contributed by atoms with E-state index in [1.54, 1.807) is 0 Å². The van der Waals surface area contributed by atoms with E-state index in [1.807, 2.05) is 36.4 Å². The lowest BCUT2D eigenvalue weighted by Gasteiger charge is -2.07. The van der Waals surface area contributed by atoms with E-state index in [-0.39, 0.29) is 0 Å². The second-order valence-electron chi connectivity index (χ2n) is 4.10. The summed E-state index contributed by atoms with van der Waals surface area (Å²) in [5.74, 6) is 1.68. The van der Waals surface area contributed by atoms with Gasteiger partial charge in [0.2, 0.25) is 0 Å². The molecular formula is C15H16BrNO. The molecule has 0 radical (unpaired) electrons. The first-order valence-electron chi connectivity index (χ1n) is 6.00. The standard InChI is InChI=1S/C15H16BrNO/c16-13-4-1-5-15(11-13)18-14-8-6-12(7-9-14)3-2-10-17/h1,4-9,11H,2-3,10,17H2. The Hall–Kier alpha value is -1.32. The first kappa shape index (κ1) is 13.1. The number of hydrogen-bond acceptors (Lipinski definition) is 2. The summed E-state index contributed by atoms with van der Waals surface area (Å²) in [4.78, 5) is 0. The summed E-state index contributed by atoms with van der Waals surface area (Å²) in [7, 11) is 0. The van der Waals surface area contributed by atoms with E-state index in [1.165, 1.54) is 5.56 Å². The number of rotatable bonds is 5. The number of ether oxygens (including phenoxy) is 1. The molecule has 0 bridgehead atoms. The molecule has 0 aromatic heterocycles. The lowest BCUT2D eigenvalue weighted by Crippen LogP contribution is -2.00. The van der Waals surface area contributed by atoms with E-state index < -0.39 is 0 Å². The lowest BCUT2D eigenvalue weighted by molar-refractivity contribution is 0.482. The Morgan fingerprint density at radius 3 is 2.44 bits per heavy atom. The molecule has 18 heavy (non-hydrogen) atoms. The van der Waals surface area contributed by atoms with E-state index >= 15 is 0 Å². The Balaban J connectivity index is 2.02. The minimum Gasteiger partial charge on any atom is -0.457 e. The van der Waals surface area contributed by atoms with Gasteiger partial charge in [-0.15, -0.1) is 0 Å². The molecule has 2 N–H and O–H groups in total. The third kappa shape index (κ3) is 3.86. The molecule has 0 saturated heterocycles. The highest BCUT2D eigenvalue weighted by Crippen LogP contribution is 2.24. The smallest absolute Gasteiger partial charge is 0.128 e. The Bertz CT molecular complexity index is 496. The van der Waals surface area contributed by atoms with Crippen LogP contribution in [-0.2, 0) is 6.42 Å². The lowest BCUT2D eigenvalue weighted by atomic mass is 10.1. The van der Waals surface area contributed by atoms with Crippen LogP contribution in [-0.4, -0.2) is 6.54 Å². The Kier molecular flexibility index (Phi) is 4.79. The van der Waals surface area contributed by atoms with Gasteiger partial charge in [0.1, 0.15) is 11.5 Å². The normalized spacial score (nSPS) is 10.3. The third-order valence-corrected chi connectivity index (χ3v) is 3.12. The van der Waals surface area contributed by atoms with Gasteiger partial charge in [0, 0.05) is 4.47 Å². The molecule has 94 valence electrons. The van der Waals surface area contributed by atoms with Gasteiger partial charge in [-0.3, -0.25) is 0 Å². The van der Waals surface area contributed by atoms with Crippen LogP contribution in [0.2, 0.25) is 0 Å². The number of aryl methyl sites for hydroxylation is 1. The second kappa shape index (κ2) is 6.57. The molecule has 2 aromatic carbocycles. The average Bonchev–Trinajstić information content (AvgIpc) is 2.38. The van der Waals surface area contributed by atoms with Crippen molar-refractivity contribution in [2.45, 2.75) is 12.8 Å². The van der Waals surface area contributed by atoms with Crippen LogP contribution < -0.4 is 10.5 Å². The van der Waals surface area contributed by atoms with Gasteiger partial charge < -0.3 is 10.5 Å². The molecule has 2 rings (SSSR count). The van der Waals surface area contributed by atoms with Gasteiger partial charge >= 0.3 is 0 Å². The summed E-state index contributed by atoms with van der Waals surface area (Å²) in [5.41, 5.74) is 6.79. The third-order valence-electron chi connectivity index (χ3n) is 2.62. The van der Waals surface area contributed by atoms with Gasteiger partial charge in [-0.05, 0) is 55.3 Å². The van der Waals surface area contributed by atoms with Gasteiger partial charge in [0.25, 0.3) is 0 Å². The highest BCUT2D eigenvalue weighted by atomic mass is 79.9. The molecule has 0 spiro atoms. The maximum absolute atomic E-state index is 5.76. The molecular weight excluding hydrogens is 290 g/mol. The molecule has 0 amide bonds. The predicted octanol–water partition coefficient (Wildman–Crippen LogP) is 4.13. The Morgan fingerprint density at radius 2 is 1.78 bits per heavy atom. The monoisotopic (exact) mass is 305 g/mol. The zero-order valence-electron chi connectivity index (χ0n) is 10.1. The van der Waals surface area contributed by atoms with E-state index in [0.29, 0.717) is 0 Å². The van der Waals surface area contributed by atoms with Crippen molar-refractivity contribution in [3.8, 4) is 11.5 Å². The van der Waals surface area contributed by atoms with Crippen molar-refractivity contribution in [2.24, 2.45) is 5.73 Å². The fourth-order valence-electron chi connectivity index (χ4n) is 1.70. The number of nitrogens with two attached hydrogens (primary N) is 1. The number of halogens is 1. The molecule has 0 unspecified atom stereocenters. The second-order valence-corrected chi connectivity index (χ2v) is 5.01. The van der Waals surface area contributed by atoms with Crippen molar-refractivity contribution in [1.82, 2.24) is 0 Å². The van der Waals surface area contributed by atoms with Gasteiger partial charge in [0.15, 0.2) is 0 Å². The summed E-state index contributed by atoms with van der Waals surface area (Å²) in [6.07, 6.45) is 2.04. The summed E-state index contributed by atoms with van der Waals surface area (Å²) >= 11 is 3.42. The summed E-state index contributed by atoms with van der Waals surface area (Å²) in [6, 6.07) is 16.0. The molecule has 0 heterocycles. The average molecular weight is 306 g/mol. The van der Waals surface area contributed by atoms with Crippen LogP contribution in [0.4, 0.5) is 0 Å². The van der Waals surface area contributed by atoms with E-state index in [0.717, 1.165) is 35.4 Å².